The Morgan fingerprint density at radius 1 is 1.36 bits per heavy atom. The van der Waals surface area contributed by atoms with Gasteiger partial charge in [0.05, 0.1) is 0 Å². The van der Waals surface area contributed by atoms with Crippen LogP contribution in [0.15, 0.2) is 16.3 Å². The largest absolute Gasteiger partial charge is 1.00 e. The summed E-state index contributed by atoms with van der Waals surface area (Å²) in [5.74, 6) is 0.409. The summed E-state index contributed by atoms with van der Waals surface area (Å²) in [6.07, 6.45) is 1.39. The van der Waals surface area contributed by atoms with Crippen molar-refractivity contribution in [2.75, 3.05) is 12.4 Å². The van der Waals surface area contributed by atoms with E-state index in [1.807, 2.05) is 0 Å². The molecular formula is C5H6KN5. The first kappa shape index (κ1) is 9.21. The first-order valence-electron chi connectivity index (χ1n) is 2.83. The first-order chi connectivity index (χ1) is 4.88. The fraction of sp³-hybridized carbons (Fsp3) is 0.200. The van der Waals surface area contributed by atoms with Crippen LogP contribution >= 0.6 is 0 Å². The Balaban J connectivity index is 0.000000605. The summed E-state index contributed by atoms with van der Waals surface area (Å²) in [5.41, 5.74) is 6.07. The summed E-state index contributed by atoms with van der Waals surface area (Å²) < 4.78 is 0. The van der Waals surface area contributed by atoms with Gasteiger partial charge in [0.25, 0.3) is 0 Å². The summed E-state index contributed by atoms with van der Waals surface area (Å²) >= 11 is 0. The van der Waals surface area contributed by atoms with Crippen molar-refractivity contribution in [3.63, 3.8) is 0 Å². The van der Waals surface area contributed by atoms with Crippen molar-refractivity contribution in [3.05, 3.63) is 17.2 Å². The second-order valence-corrected chi connectivity index (χ2v) is 1.89. The fourth-order valence-electron chi connectivity index (χ4n) is 0.823. The molecule has 0 spiro atoms. The van der Waals surface area contributed by atoms with Crippen molar-refractivity contribution >= 4 is 5.82 Å². The number of hydrogen-bond acceptors (Lipinski definition) is 5. The second-order valence-electron chi connectivity index (χ2n) is 1.89. The molecule has 52 valence electrons. The quantitative estimate of drug-likeness (QED) is 0.403. The summed E-state index contributed by atoms with van der Waals surface area (Å²) in [6, 6.07) is 0. The first-order valence-corrected chi connectivity index (χ1v) is 2.83. The van der Waals surface area contributed by atoms with E-state index >= 15 is 0 Å². The molecule has 0 bridgehead atoms. The minimum Gasteiger partial charge on any atom is -1.00 e. The Morgan fingerprint density at radius 2 is 2.18 bits per heavy atom. The third-order valence-electron chi connectivity index (χ3n) is 1.28. The van der Waals surface area contributed by atoms with E-state index in [0.717, 1.165) is 0 Å². The number of nitrogen functional groups attached to an aromatic ring is 1. The minimum atomic E-state index is 0. The van der Waals surface area contributed by atoms with Gasteiger partial charge >= 0.3 is 51.4 Å². The maximum Gasteiger partial charge on any atom is 1.00 e. The second kappa shape index (κ2) is 3.68. The predicted octanol–water partition coefficient (Wildman–Crippen LogP) is -4.61. The topological polar surface area (TPSA) is 76.5 Å². The molecular weight excluding hydrogens is 169 g/mol. The van der Waals surface area contributed by atoms with Gasteiger partial charge in [-0.2, -0.15) is 0 Å². The smallest absolute Gasteiger partial charge is 1.00 e. The average molecular weight is 175 g/mol. The van der Waals surface area contributed by atoms with E-state index in [-0.39, 0.29) is 52.8 Å². The molecule has 0 fully saturated rings. The molecule has 6 heteroatoms. The number of aromatic nitrogens is 2. The van der Waals surface area contributed by atoms with Gasteiger partial charge in [-0.25, -0.2) is 15.0 Å². The van der Waals surface area contributed by atoms with E-state index in [1.165, 1.54) is 6.33 Å². The maximum atomic E-state index is 5.47. The molecule has 1 aromatic heterocycles. The van der Waals surface area contributed by atoms with Gasteiger partial charge in [0.2, 0.25) is 0 Å². The molecule has 11 heavy (non-hydrogen) atoms. The van der Waals surface area contributed by atoms with E-state index in [2.05, 4.69) is 20.0 Å². The van der Waals surface area contributed by atoms with Crippen LogP contribution in [0.1, 0.15) is 1.43 Å². The SMILES string of the molecule is Nc1ncnc2c1=NCN=2.[H-].[K+]. The maximum absolute atomic E-state index is 5.47. The number of nitrogens with zero attached hydrogens (tertiary/aromatic N) is 4. The van der Waals surface area contributed by atoms with Crippen LogP contribution in [0.3, 0.4) is 0 Å². The van der Waals surface area contributed by atoms with Gasteiger partial charge in [-0.05, 0) is 0 Å². The number of nitrogens with two attached hydrogens (primary N) is 1. The van der Waals surface area contributed by atoms with Crippen molar-refractivity contribution in [2.45, 2.75) is 0 Å². The molecule has 0 atom stereocenters. The third-order valence-corrected chi connectivity index (χ3v) is 1.28. The molecule has 0 aliphatic carbocycles. The number of hydrogen-bond donors (Lipinski definition) is 1. The summed E-state index contributed by atoms with van der Waals surface area (Å²) in [4.78, 5) is 15.6. The molecule has 1 aliphatic rings. The molecule has 1 aliphatic heterocycles. The van der Waals surface area contributed by atoms with E-state index < -0.39 is 0 Å². The van der Waals surface area contributed by atoms with Gasteiger partial charge in [0.1, 0.15) is 18.4 Å². The van der Waals surface area contributed by atoms with Crippen LogP contribution < -0.4 is 68.0 Å². The van der Waals surface area contributed by atoms with Crippen molar-refractivity contribution in [1.82, 2.24) is 9.97 Å². The Morgan fingerprint density at radius 3 is 2.91 bits per heavy atom. The van der Waals surface area contributed by atoms with E-state index in [1.54, 1.807) is 0 Å². The Bertz CT molecular complexity index is 378. The summed E-state index contributed by atoms with van der Waals surface area (Å²) in [7, 11) is 0. The van der Waals surface area contributed by atoms with Crippen LogP contribution in [0.5, 0.6) is 0 Å². The van der Waals surface area contributed by atoms with Crippen LogP contribution in [0.4, 0.5) is 5.82 Å². The van der Waals surface area contributed by atoms with Gasteiger partial charge in [0, 0.05) is 0 Å². The molecule has 0 aromatic carbocycles. The molecule has 2 N–H and O–H groups in total. The molecule has 5 nitrogen and oxygen atoms in total. The molecule has 0 saturated heterocycles. The summed E-state index contributed by atoms with van der Waals surface area (Å²) in [5, 5.41) is 0.627. The zero-order valence-electron chi connectivity index (χ0n) is 7.15. The van der Waals surface area contributed by atoms with Crippen molar-refractivity contribution in [2.24, 2.45) is 9.98 Å². The molecule has 0 unspecified atom stereocenters. The number of rotatable bonds is 0. The molecule has 2 rings (SSSR count). The molecule has 1 aromatic rings. The average Bonchev–Trinajstić information content (AvgIpc) is 2.36. The zero-order chi connectivity index (χ0) is 6.97. The van der Waals surface area contributed by atoms with E-state index in [4.69, 9.17) is 5.73 Å². The third kappa shape index (κ3) is 1.65. The summed E-state index contributed by atoms with van der Waals surface area (Å²) in [6.45, 7) is 0.429. The molecule has 0 saturated carbocycles. The zero-order valence-corrected chi connectivity index (χ0v) is 9.27. The Kier molecular flexibility index (Phi) is 3.08. The number of anilines is 1. The van der Waals surface area contributed by atoms with Gasteiger partial charge in [0.15, 0.2) is 11.3 Å². The normalized spacial score (nSPS) is 12.4. The number of fused-ring (bicyclic) bond motifs is 1. The monoisotopic (exact) mass is 175 g/mol. The Hall–Kier alpha value is 0.116. The molecule has 2 heterocycles. The fourth-order valence-corrected chi connectivity index (χ4v) is 0.823. The van der Waals surface area contributed by atoms with Gasteiger partial charge in [-0.1, -0.05) is 0 Å². The van der Waals surface area contributed by atoms with Crippen molar-refractivity contribution in [1.29, 1.82) is 0 Å². The van der Waals surface area contributed by atoms with Crippen LogP contribution in [0.25, 0.3) is 0 Å². The molecule has 0 amide bonds. The van der Waals surface area contributed by atoms with E-state index in [9.17, 15) is 0 Å². The van der Waals surface area contributed by atoms with Crippen LogP contribution in [-0.2, 0) is 0 Å². The van der Waals surface area contributed by atoms with Crippen LogP contribution in [0, 0.1) is 0 Å². The van der Waals surface area contributed by atoms with Crippen LogP contribution in [-0.4, -0.2) is 16.6 Å². The van der Waals surface area contributed by atoms with E-state index in [0.29, 0.717) is 23.3 Å². The van der Waals surface area contributed by atoms with Crippen molar-refractivity contribution < 1.29 is 52.8 Å². The van der Waals surface area contributed by atoms with Crippen LogP contribution in [0.2, 0.25) is 0 Å². The van der Waals surface area contributed by atoms with Gasteiger partial charge < -0.3 is 7.16 Å². The molecule has 0 radical (unpaired) electrons. The predicted molar refractivity (Wildman–Crippen MR) is 34.7 cm³/mol. The Labute approximate surface area is 107 Å². The van der Waals surface area contributed by atoms with Gasteiger partial charge in [-0.15, -0.1) is 0 Å². The van der Waals surface area contributed by atoms with Crippen molar-refractivity contribution in [3.8, 4) is 0 Å². The minimum absolute atomic E-state index is 0. The van der Waals surface area contributed by atoms with Gasteiger partial charge in [-0.3, -0.25) is 4.99 Å². The standard InChI is InChI=1S/C5H5N5.K.H/c6-4-3-5(9-1-7-3)10-2-8-4;;/h2H,1H2,(H2,6,8,9,10);;/q;+1;-1.